The van der Waals surface area contributed by atoms with Crippen LogP contribution in [0.3, 0.4) is 0 Å². The van der Waals surface area contributed by atoms with Gasteiger partial charge in [0.2, 0.25) is 0 Å². The smallest absolute Gasteiger partial charge is 0.161 e. The van der Waals surface area contributed by atoms with E-state index in [4.69, 9.17) is 37.9 Å². The molecular formula is C36H36O8S. The first-order valence-electron chi connectivity index (χ1n) is 14.0. The normalized spacial score (nSPS) is 10.7. The minimum absolute atomic E-state index is 0.616. The molecule has 0 N–H and O–H groups in total. The zero-order chi connectivity index (χ0) is 32.1. The lowest BCUT2D eigenvalue weighted by atomic mass is 9.91. The van der Waals surface area contributed by atoms with Crippen molar-refractivity contribution in [2.24, 2.45) is 0 Å². The molecule has 0 atom stereocenters. The van der Waals surface area contributed by atoms with Crippen molar-refractivity contribution in [3.8, 4) is 89.1 Å². The number of thiophene rings is 1. The van der Waals surface area contributed by atoms with Gasteiger partial charge < -0.3 is 37.9 Å². The fourth-order valence-electron chi connectivity index (χ4n) is 5.33. The van der Waals surface area contributed by atoms with E-state index in [0.717, 1.165) is 43.1 Å². The molecule has 5 aromatic rings. The summed E-state index contributed by atoms with van der Waals surface area (Å²) in [5.74, 6) is 5.05. The van der Waals surface area contributed by atoms with E-state index in [2.05, 4.69) is 0 Å². The van der Waals surface area contributed by atoms with Crippen LogP contribution in [0.4, 0.5) is 0 Å². The van der Waals surface area contributed by atoms with Crippen molar-refractivity contribution in [1.82, 2.24) is 0 Å². The van der Waals surface area contributed by atoms with Crippen LogP contribution in [-0.4, -0.2) is 56.9 Å². The maximum atomic E-state index is 5.75. The van der Waals surface area contributed by atoms with Crippen molar-refractivity contribution in [2.75, 3.05) is 56.9 Å². The van der Waals surface area contributed by atoms with Gasteiger partial charge in [-0.3, -0.25) is 0 Å². The van der Waals surface area contributed by atoms with Gasteiger partial charge >= 0.3 is 0 Å². The first kappa shape index (κ1) is 31.4. The molecule has 0 aliphatic rings. The van der Waals surface area contributed by atoms with Gasteiger partial charge in [-0.25, -0.2) is 0 Å². The summed E-state index contributed by atoms with van der Waals surface area (Å²) in [5, 5.41) is 0. The number of methoxy groups -OCH3 is 8. The molecule has 0 bridgehead atoms. The molecule has 0 saturated heterocycles. The Morgan fingerprint density at radius 2 is 0.556 bits per heavy atom. The molecule has 1 heterocycles. The maximum Gasteiger partial charge on any atom is 0.161 e. The predicted molar refractivity (Wildman–Crippen MR) is 178 cm³/mol. The Bertz CT molecular complexity index is 1680. The molecule has 0 amide bonds. The first-order chi connectivity index (χ1) is 21.9. The van der Waals surface area contributed by atoms with E-state index in [1.807, 2.05) is 72.8 Å². The summed E-state index contributed by atoms with van der Waals surface area (Å²) in [7, 11) is 13.0. The monoisotopic (exact) mass is 628 g/mol. The molecule has 0 fully saturated rings. The first-order valence-corrected chi connectivity index (χ1v) is 14.8. The lowest BCUT2D eigenvalue weighted by Gasteiger charge is -2.16. The molecule has 8 nitrogen and oxygen atoms in total. The van der Waals surface area contributed by atoms with Gasteiger partial charge in [-0.05, 0) is 82.9 Å². The number of benzene rings is 4. The molecule has 0 saturated carbocycles. The largest absolute Gasteiger partial charge is 0.493 e. The summed E-state index contributed by atoms with van der Waals surface area (Å²) in [5.41, 5.74) is 5.76. The second kappa shape index (κ2) is 13.7. The third-order valence-corrected chi connectivity index (χ3v) is 8.83. The second-order valence-electron chi connectivity index (χ2n) is 9.79. The third-order valence-electron chi connectivity index (χ3n) is 7.54. The summed E-state index contributed by atoms with van der Waals surface area (Å²) in [4.78, 5) is 2.02. The summed E-state index contributed by atoms with van der Waals surface area (Å²) in [6.07, 6.45) is 0. The molecule has 1 aromatic heterocycles. The number of hydrogen-bond donors (Lipinski definition) is 0. The minimum atomic E-state index is 0.616. The average molecular weight is 629 g/mol. The molecule has 0 radical (unpaired) electrons. The van der Waals surface area contributed by atoms with Crippen molar-refractivity contribution < 1.29 is 37.9 Å². The zero-order valence-corrected chi connectivity index (χ0v) is 27.4. The summed E-state index contributed by atoms with van der Waals surface area (Å²) in [6.45, 7) is 0. The molecule has 5 rings (SSSR count). The third kappa shape index (κ3) is 5.91. The van der Waals surface area contributed by atoms with Gasteiger partial charge in [-0.15, -0.1) is 11.3 Å². The molecule has 0 spiro atoms. The standard InChI is InChI=1S/C36H36O8S/c1-37-25-13-9-21(17-29(25)41-5)33-34(22-10-14-26(38-2)30(18-22)42-6)36(24-12-16-28(40-4)32(20-24)44-8)45-35(33)23-11-15-27(39-3)31(19-23)43-7/h9-20H,1-8H3. The van der Waals surface area contributed by atoms with Crippen LogP contribution in [0.5, 0.6) is 46.0 Å². The fourth-order valence-corrected chi connectivity index (χ4v) is 6.66. The maximum absolute atomic E-state index is 5.75. The predicted octanol–water partition coefficient (Wildman–Crippen LogP) is 8.48. The van der Waals surface area contributed by atoms with Crippen LogP contribution < -0.4 is 37.9 Å². The Kier molecular flexibility index (Phi) is 9.59. The molecule has 0 aliphatic carbocycles. The van der Waals surface area contributed by atoms with Gasteiger partial charge in [0.1, 0.15) is 0 Å². The van der Waals surface area contributed by atoms with E-state index >= 15 is 0 Å². The lowest BCUT2D eigenvalue weighted by Crippen LogP contribution is -1.94. The summed E-state index contributed by atoms with van der Waals surface area (Å²) in [6, 6.07) is 23.8. The van der Waals surface area contributed by atoms with Gasteiger partial charge in [0.05, 0.1) is 56.9 Å². The van der Waals surface area contributed by atoms with E-state index in [9.17, 15) is 0 Å². The van der Waals surface area contributed by atoms with Crippen molar-refractivity contribution in [3.63, 3.8) is 0 Å². The van der Waals surface area contributed by atoms with E-state index in [0.29, 0.717) is 46.0 Å². The highest BCUT2D eigenvalue weighted by Crippen LogP contribution is 2.55. The molecule has 4 aromatic carbocycles. The Hall–Kier alpha value is -5.02. The summed E-state index contributed by atoms with van der Waals surface area (Å²) >= 11 is 1.66. The van der Waals surface area contributed by atoms with Crippen LogP contribution in [-0.2, 0) is 0 Å². The van der Waals surface area contributed by atoms with Gasteiger partial charge in [-0.1, -0.05) is 12.1 Å². The molecule has 45 heavy (non-hydrogen) atoms. The van der Waals surface area contributed by atoms with Gasteiger partial charge in [0, 0.05) is 20.9 Å². The van der Waals surface area contributed by atoms with E-state index in [1.54, 1.807) is 68.2 Å². The van der Waals surface area contributed by atoms with Gasteiger partial charge in [-0.2, -0.15) is 0 Å². The summed E-state index contributed by atoms with van der Waals surface area (Å²) < 4.78 is 45.2. The van der Waals surface area contributed by atoms with Gasteiger partial charge in [0.15, 0.2) is 46.0 Å². The highest BCUT2D eigenvalue weighted by Gasteiger charge is 2.26. The van der Waals surface area contributed by atoms with E-state index in [1.165, 1.54) is 0 Å². The van der Waals surface area contributed by atoms with Crippen molar-refractivity contribution in [1.29, 1.82) is 0 Å². The molecule has 234 valence electrons. The van der Waals surface area contributed by atoms with Crippen LogP contribution in [0.2, 0.25) is 0 Å². The Labute approximate surface area is 267 Å². The molecule has 9 heteroatoms. The Morgan fingerprint density at radius 3 is 0.822 bits per heavy atom. The lowest BCUT2D eigenvalue weighted by molar-refractivity contribution is 0.355. The van der Waals surface area contributed by atoms with Crippen LogP contribution in [0.25, 0.3) is 43.1 Å². The topological polar surface area (TPSA) is 73.8 Å². The van der Waals surface area contributed by atoms with E-state index in [-0.39, 0.29) is 0 Å². The number of ether oxygens (including phenoxy) is 8. The fraction of sp³-hybridized carbons (Fsp3) is 0.222. The average Bonchev–Trinajstić information content (AvgIpc) is 3.50. The minimum Gasteiger partial charge on any atom is -0.493 e. The molecule has 0 aliphatic heterocycles. The van der Waals surface area contributed by atoms with Crippen LogP contribution >= 0.6 is 11.3 Å². The van der Waals surface area contributed by atoms with Crippen molar-refractivity contribution in [2.45, 2.75) is 0 Å². The zero-order valence-electron chi connectivity index (χ0n) is 26.6. The molecular weight excluding hydrogens is 592 g/mol. The van der Waals surface area contributed by atoms with Crippen molar-refractivity contribution >= 4 is 11.3 Å². The van der Waals surface area contributed by atoms with E-state index < -0.39 is 0 Å². The molecule has 0 unspecified atom stereocenters. The van der Waals surface area contributed by atoms with Crippen LogP contribution in [0.1, 0.15) is 0 Å². The number of rotatable bonds is 12. The highest BCUT2D eigenvalue weighted by molar-refractivity contribution is 7.20. The van der Waals surface area contributed by atoms with Gasteiger partial charge in [0.25, 0.3) is 0 Å². The van der Waals surface area contributed by atoms with Crippen LogP contribution in [0.15, 0.2) is 72.8 Å². The second-order valence-corrected chi connectivity index (χ2v) is 10.8. The number of hydrogen-bond acceptors (Lipinski definition) is 9. The Morgan fingerprint density at radius 1 is 0.311 bits per heavy atom. The highest BCUT2D eigenvalue weighted by atomic mass is 32.1. The quantitative estimate of drug-likeness (QED) is 0.136. The van der Waals surface area contributed by atoms with Crippen LogP contribution in [0, 0.1) is 0 Å². The SMILES string of the molecule is COc1ccc(-c2sc(-c3ccc(OC)c(OC)c3)c(-c3ccc(OC)c(OC)c3)c2-c2ccc(OC)c(OC)c2)cc1OC. The van der Waals surface area contributed by atoms with Crippen molar-refractivity contribution in [3.05, 3.63) is 72.8 Å². The Balaban J connectivity index is 1.93.